The van der Waals surface area contributed by atoms with Crippen molar-refractivity contribution in [1.29, 1.82) is 0 Å². The number of carboxylic acids is 2. The Hall–Kier alpha value is -2.37. The second-order valence-corrected chi connectivity index (χ2v) is 4.97. The summed E-state index contributed by atoms with van der Waals surface area (Å²) in [5.74, 6) is -3.14. The van der Waals surface area contributed by atoms with Crippen LogP contribution in [0.1, 0.15) is 56.9 Å². The number of carboxylic acid groups (broad SMARTS) is 2. The van der Waals surface area contributed by atoms with E-state index in [1.807, 2.05) is 13.8 Å². The van der Waals surface area contributed by atoms with Crippen LogP contribution in [0.15, 0.2) is 12.1 Å². The molecule has 1 amide bonds. The summed E-state index contributed by atoms with van der Waals surface area (Å²) in [5, 5.41) is 18.3. The van der Waals surface area contributed by atoms with Gasteiger partial charge in [-0.25, -0.2) is 9.59 Å². The van der Waals surface area contributed by atoms with Crippen LogP contribution in [-0.2, 0) is 6.42 Å². The second-order valence-electron chi connectivity index (χ2n) is 4.97. The van der Waals surface area contributed by atoms with Gasteiger partial charge in [0, 0.05) is 0 Å². The topological polar surface area (TPSA) is 118 Å². The van der Waals surface area contributed by atoms with Gasteiger partial charge in [0.15, 0.2) is 0 Å². The number of amides is 1. The number of aryl methyl sites for hydroxylation is 1. The molecule has 1 aromatic carbocycles. The van der Waals surface area contributed by atoms with Gasteiger partial charge in [0.1, 0.15) is 0 Å². The maximum Gasteiger partial charge on any atom is 0.336 e. The Morgan fingerprint density at radius 3 is 2.15 bits per heavy atom. The lowest BCUT2D eigenvalue weighted by Crippen LogP contribution is -2.20. The Balaban J connectivity index is 3.46. The molecule has 0 spiro atoms. The quantitative estimate of drug-likeness (QED) is 0.733. The molecule has 20 heavy (non-hydrogen) atoms. The smallest absolute Gasteiger partial charge is 0.336 e. The number of hydrogen-bond donors (Lipinski definition) is 3. The lowest BCUT2D eigenvalue weighted by Gasteiger charge is -2.12. The molecule has 0 radical (unpaired) electrons. The van der Waals surface area contributed by atoms with Crippen molar-refractivity contribution < 1.29 is 24.6 Å². The van der Waals surface area contributed by atoms with Crippen LogP contribution in [0.2, 0.25) is 0 Å². The summed E-state index contributed by atoms with van der Waals surface area (Å²) in [6.45, 7) is 3.94. The fraction of sp³-hybridized carbons (Fsp3) is 0.357. The number of carbonyl (C=O) groups excluding carboxylic acids is 1. The molecular formula is C14H17NO5. The Kier molecular flexibility index (Phi) is 4.85. The number of rotatable bonds is 6. The molecule has 108 valence electrons. The molecule has 0 aliphatic heterocycles. The summed E-state index contributed by atoms with van der Waals surface area (Å²) < 4.78 is 0. The number of nitrogens with two attached hydrogens (primary N) is 1. The average molecular weight is 279 g/mol. The van der Waals surface area contributed by atoms with Crippen LogP contribution in [0, 0.1) is 5.92 Å². The first-order valence-electron chi connectivity index (χ1n) is 6.17. The lowest BCUT2D eigenvalue weighted by molar-refractivity contribution is 0.0677. The Morgan fingerprint density at radius 1 is 1.15 bits per heavy atom. The van der Waals surface area contributed by atoms with Crippen molar-refractivity contribution in [2.45, 2.75) is 26.7 Å². The van der Waals surface area contributed by atoms with Crippen molar-refractivity contribution >= 4 is 17.8 Å². The zero-order valence-corrected chi connectivity index (χ0v) is 11.3. The van der Waals surface area contributed by atoms with Crippen LogP contribution in [0.25, 0.3) is 0 Å². The molecular weight excluding hydrogens is 262 g/mol. The van der Waals surface area contributed by atoms with E-state index in [0.717, 1.165) is 6.07 Å². The predicted molar refractivity (Wildman–Crippen MR) is 72.0 cm³/mol. The van der Waals surface area contributed by atoms with Gasteiger partial charge in [0.25, 0.3) is 0 Å². The first kappa shape index (κ1) is 15.7. The zero-order valence-electron chi connectivity index (χ0n) is 11.3. The van der Waals surface area contributed by atoms with E-state index in [1.165, 1.54) is 6.07 Å². The lowest BCUT2D eigenvalue weighted by atomic mass is 9.92. The van der Waals surface area contributed by atoms with E-state index in [0.29, 0.717) is 24.3 Å². The van der Waals surface area contributed by atoms with Gasteiger partial charge in [0.05, 0.1) is 16.7 Å². The molecule has 0 aliphatic carbocycles. The highest BCUT2D eigenvalue weighted by atomic mass is 16.4. The molecule has 0 saturated heterocycles. The van der Waals surface area contributed by atoms with Gasteiger partial charge in [-0.2, -0.15) is 0 Å². The third-order valence-corrected chi connectivity index (χ3v) is 2.94. The minimum Gasteiger partial charge on any atom is -0.478 e. The fourth-order valence-corrected chi connectivity index (χ4v) is 1.91. The molecule has 6 heteroatoms. The summed E-state index contributed by atoms with van der Waals surface area (Å²) in [6, 6.07) is 2.30. The summed E-state index contributed by atoms with van der Waals surface area (Å²) >= 11 is 0. The third-order valence-electron chi connectivity index (χ3n) is 2.94. The number of primary amides is 1. The molecule has 0 heterocycles. The maximum absolute atomic E-state index is 11.4. The number of benzene rings is 1. The Morgan fingerprint density at radius 2 is 1.75 bits per heavy atom. The summed E-state index contributed by atoms with van der Waals surface area (Å²) in [5.41, 5.74) is 4.86. The standard InChI is InChI=1S/C14H17NO5/c1-7(2)3-4-8-5-9(13(17)18)6-10(12(15)16)11(8)14(19)20/h5-7H,3-4H2,1-2H3,(H2,15,16)(H,17,18)(H,19,20). The van der Waals surface area contributed by atoms with Gasteiger partial charge in [-0.1, -0.05) is 13.8 Å². The third kappa shape index (κ3) is 3.57. The van der Waals surface area contributed by atoms with Crippen molar-refractivity contribution in [1.82, 2.24) is 0 Å². The highest BCUT2D eigenvalue weighted by Crippen LogP contribution is 2.21. The molecule has 0 saturated carbocycles. The minimum absolute atomic E-state index is 0.137. The molecule has 1 rings (SSSR count). The largest absolute Gasteiger partial charge is 0.478 e. The number of hydrogen-bond acceptors (Lipinski definition) is 3. The van der Waals surface area contributed by atoms with Crippen molar-refractivity contribution in [3.05, 3.63) is 34.4 Å². The van der Waals surface area contributed by atoms with E-state index in [2.05, 4.69) is 0 Å². The highest BCUT2D eigenvalue weighted by Gasteiger charge is 2.22. The first-order valence-corrected chi connectivity index (χ1v) is 6.17. The molecule has 0 fully saturated rings. The maximum atomic E-state index is 11.4. The molecule has 0 bridgehead atoms. The van der Waals surface area contributed by atoms with E-state index in [9.17, 15) is 19.5 Å². The van der Waals surface area contributed by atoms with Crippen molar-refractivity contribution in [3.8, 4) is 0 Å². The van der Waals surface area contributed by atoms with Gasteiger partial charge in [-0.3, -0.25) is 4.79 Å². The van der Waals surface area contributed by atoms with Gasteiger partial charge in [0.2, 0.25) is 5.91 Å². The van der Waals surface area contributed by atoms with Crippen LogP contribution in [0.3, 0.4) is 0 Å². The van der Waals surface area contributed by atoms with Crippen LogP contribution >= 0.6 is 0 Å². The number of carbonyl (C=O) groups is 3. The van der Waals surface area contributed by atoms with Crippen LogP contribution in [-0.4, -0.2) is 28.1 Å². The van der Waals surface area contributed by atoms with E-state index in [4.69, 9.17) is 10.8 Å². The molecule has 0 atom stereocenters. The SMILES string of the molecule is CC(C)CCc1cc(C(=O)O)cc(C(N)=O)c1C(=O)O. The van der Waals surface area contributed by atoms with Gasteiger partial charge >= 0.3 is 11.9 Å². The van der Waals surface area contributed by atoms with Gasteiger partial charge in [-0.15, -0.1) is 0 Å². The van der Waals surface area contributed by atoms with Crippen molar-refractivity contribution in [3.63, 3.8) is 0 Å². The van der Waals surface area contributed by atoms with E-state index < -0.39 is 17.8 Å². The van der Waals surface area contributed by atoms with Gasteiger partial charge < -0.3 is 15.9 Å². The highest BCUT2D eigenvalue weighted by molar-refractivity contribution is 6.06. The second kappa shape index (κ2) is 6.18. The van der Waals surface area contributed by atoms with Crippen LogP contribution < -0.4 is 5.73 Å². The van der Waals surface area contributed by atoms with E-state index >= 15 is 0 Å². The Labute approximate surface area is 116 Å². The fourth-order valence-electron chi connectivity index (χ4n) is 1.91. The van der Waals surface area contributed by atoms with Gasteiger partial charge in [-0.05, 0) is 36.5 Å². The van der Waals surface area contributed by atoms with Crippen LogP contribution in [0.4, 0.5) is 0 Å². The monoisotopic (exact) mass is 279 g/mol. The zero-order chi connectivity index (χ0) is 15.4. The van der Waals surface area contributed by atoms with Crippen molar-refractivity contribution in [2.24, 2.45) is 11.7 Å². The molecule has 0 unspecified atom stereocenters. The molecule has 1 aromatic rings. The molecule has 0 aromatic heterocycles. The Bertz CT molecular complexity index is 563. The van der Waals surface area contributed by atoms with Crippen molar-refractivity contribution in [2.75, 3.05) is 0 Å². The first-order chi connectivity index (χ1) is 9.23. The molecule has 6 nitrogen and oxygen atoms in total. The predicted octanol–water partition coefficient (Wildman–Crippen LogP) is 1.77. The van der Waals surface area contributed by atoms with Crippen LogP contribution in [0.5, 0.6) is 0 Å². The van der Waals surface area contributed by atoms with E-state index in [1.54, 1.807) is 0 Å². The molecule has 0 aliphatic rings. The summed E-state index contributed by atoms with van der Waals surface area (Å²) in [6.07, 6.45) is 1.06. The average Bonchev–Trinajstić information content (AvgIpc) is 2.34. The minimum atomic E-state index is -1.28. The molecule has 4 N–H and O–H groups in total. The van der Waals surface area contributed by atoms with E-state index in [-0.39, 0.29) is 16.7 Å². The summed E-state index contributed by atoms with van der Waals surface area (Å²) in [4.78, 5) is 33.7. The normalized spacial score (nSPS) is 10.6. The summed E-state index contributed by atoms with van der Waals surface area (Å²) in [7, 11) is 0. The number of aromatic carboxylic acids is 2.